The third-order valence-electron chi connectivity index (χ3n) is 2.20. The van der Waals surface area contributed by atoms with E-state index in [-0.39, 0.29) is 24.0 Å². The van der Waals surface area contributed by atoms with Crippen molar-refractivity contribution in [1.82, 2.24) is 4.98 Å². The van der Waals surface area contributed by atoms with Crippen LogP contribution >= 0.6 is 35.3 Å². The third kappa shape index (κ3) is 5.96. The largest absolute Gasteiger partial charge is 0.247 e. The third-order valence-corrected chi connectivity index (χ3v) is 3.03. The summed E-state index contributed by atoms with van der Waals surface area (Å²) in [7, 11) is 0. The summed E-state index contributed by atoms with van der Waals surface area (Å²) in [5, 5.41) is 3.39. The topological polar surface area (TPSA) is 12.9 Å². The number of halogens is 1. The van der Waals surface area contributed by atoms with Gasteiger partial charge in [-0.15, -0.1) is 35.3 Å². The van der Waals surface area contributed by atoms with Crippen LogP contribution in [-0.2, 0) is 6.42 Å². The summed E-state index contributed by atoms with van der Waals surface area (Å²) >= 11 is 1.76. The fourth-order valence-corrected chi connectivity index (χ4v) is 2.08. The van der Waals surface area contributed by atoms with Crippen molar-refractivity contribution in [2.75, 3.05) is 0 Å². The molecule has 0 N–H and O–H groups in total. The minimum atomic E-state index is 0. The van der Waals surface area contributed by atoms with Crippen molar-refractivity contribution in [3.63, 3.8) is 0 Å². The highest BCUT2D eigenvalue weighted by molar-refractivity contribution is 14.0. The van der Waals surface area contributed by atoms with E-state index in [4.69, 9.17) is 0 Å². The number of aryl methyl sites for hydroxylation is 2. The van der Waals surface area contributed by atoms with Gasteiger partial charge in [-0.3, -0.25) is 0 Å². The van der Waals surface area contributed by atoms with Gasteiger partial charge in [0.2, 0.25) is 0 Å². The molecular weight excluding hydrogens is 305 g/mol. The highest BCUT2D eigenvalue weighted by Crippen LogP contribution is 2.12. The average Bonchev–Trinajstić information content (AvgIpc) is 2.51. The summed E-state index contributed by atoms with van der Waals surface area (Å²) in [5.74, 6) is 0. The SMILES string of the molecule is CCCCCCCc1csc(C)n1.I. The molecule has 0 aromatic carbocycles. The Kier molecular flexibility index (Phi) is 8.87. The van der Waals surface area contributed by atoms with Gasteiger partial charge < -0.3 is 0 Å². The van der Waals surface area contributed by atoms with E-state index >= 15 is 0 Å². The number of hydrogen-bond acceptors (Lipinski definition) is 2. The van der Waals surface area contributed by atoms with Crippen molar-refractivity contribution in [3.05, 3.63) is 16.1 Å². The molecule has 1 rings (SSSR count). The molecular formula is C11H20INS. The molecule has 1 nitrogen and oxygen atoms in total. The number of aromatic nitrogens is 1. The zero-order valence-electron chi connectivity index (χ0n) is 9.08. The molecule has 1 aromatic heterocycles. The van der Waals surface area contributed by atoms with Gasteiger partial charge in [0.05, 0.1) is 10.7 Å². The number of unbranched alkanes of at least 4 members (excludes halogenated alkanes) is 4. The number of rotatable bonds is 6. The monoisotopic (exact) mass is 325 g/mol. The van der Waals surface area contributed by atoms with Crippen LogP contribution in [0, 0.1) is 6.92 Å². The van der Waals surface area contributed by atoms with Crippen molar-refractivity contribution in [3.8, 4) is 0 Å². The van der Waals surface area contributed by atoms with Gasteiger partial charge in [-0.1, -0.05) is 32.6 Å². The molecule has 0 bridgehead atoms. The highest BCUT2D eigenvalue weighted by Gasteiger charge is 1.97. The Morgan fingerprint density at radius 3 is 2.50 bits per heavy atom. The van der Waals surface area contributed by atoms with Gasteiger partial charge in [0.15, 0.2) is 0 Å². The van der Waals surface area contributed by atoms with Crippen molar-refractivity contribution in [2.24, 2.45) is 0 Å². The lowest BCUT2D eigenvalue weighted by molar-refractivity contribution is 0.629. The molecule has 0 fully saturated rings. The van der Waals surface area contributed by atoms with Crippen LogP contribution in [0.15, 0.2) is 5.38 Å². The Bertz CT molecular complexity index is 235. The van der Waals surface area contributed by atoms with Crippen LogP contribution in [0.4, 0.5) is 0 Å². The molecule has 1 aromatic rings. The molecule has 0 aliphatic carbocycles. The van der Waals surface area contributed by atoms with Gasteiger partial charge in [-0.25, -0.2) is 4.98 Å². The van der Waals surface area contributed by atoms with Crippen LogP contribution in [0.25, 0.3) is 0 Å². The van der Waals surface area contributed by atoms with E-state index < -0.39 is 0 Å². The summed E-state index contributed by atoms with van der Waals surface area (Å²) in [5.41, 5.74) is 1.29. The van der Waals surface area contributed by atoms with Crippen LogP contribution in [0.1, 0.15) is 49.7 Å². The minimum absolute atomic E-state index is 0. The Hall–Kier alpha value is 0.360. The van der Waals surface area contributed by atoms with Gasteiger partial charge in [0, 0.05) is 5.38 Å². The van der Waals surface area contributed by atoms with E-state index in [1.54, 1.807) is 11.3 Å². The fourth-order valence-electron chi connectivity index (χ4n) is 1.43. The molecule has 0 spiro atoms. The predicted octanol–water partition coefficient (Wildman–Crippen LogP) is 4.58. The lowest BCUT2D eigenvalue weighted by atomic mass is 10.1. The maximum atomic E-state index is 4.45. The van der Waals surface area contributed by atoms with Crippen LogP contribution in [0.5, 0.6) is 0 Å². The normalized spacial score (nSPS) is 9.86. The van der Waals surface area contributed by atoms with Crippen LogP contribution in [0.2, 0.25) is 0 Å². The van der Waals surface area contributed by atoms with E-state index in [1.807, 2.05) is 0 Å². The molecule has 1 heterocycles. The van der Waals surface area contributed by atoms with Crippen molar-refractivity contribution < 1.29 is 0 Å². The molecule has 0 aliphatic rings. The van der Waals surface area contributed by atoms with Crippen molar-refractivity contribution in [1.29, 1.82) is 0 Å². The molecule has 14 heavy (non-hydrogen) atoms. The summed E-state index contributed by atoms with van der Waals surface area (Å²) in [6, 6.07) is 0. The Morgan fingerprint density at radius 1 is 1.21 bits per heavy atom. The van der Waals surface area contributed by atoms with Gasteiger partial charge in [-0.2, -0.15) is 0 Å². The molecule has 0 saturated carbocycles. The zero-order chi connectivity index (χ0) is 9.52. The highest BCUT2D eigenvalue weighted by atomic mass is 127. The fraction of sp³-hybridized carbons (Fsp3) is 0.727. The first-order chi connectivity index (χ1) is 6.33. The van der Waals surface area contributed by atoms with E-state index in [1.165, 1.54) is 49.2 Å². The number of nitrogens with zero attached hydrogens (tertiary/aromatic N) is 1. The van der Waals surface area contributed by atoms with Crippen LogP contribution in [0.3, 0.4) is 0 Å². The average molecular weight is 325 g/mol. The second-order valence-electron chi connectivity index (χ2n) is 3.52. The Labute approximate surface area is 108 Å². The quantitative estimate of drug-likeness (QED) is 0.551. The van der Waals surface area contributed by atoms with Gasteiger partial charge in [0.1, 0.15) is 0 Å². The molecule has 0 saturated heterocycles. The first kappa shape index (κ1) is 14.4. The maximum absolute atomic E-state index is 4.45. The second kappa shape index (κ2) is 8.65. The van der Waals surface area contributed by atoms with Crippen molar-refractivity contribution in [2.45, 2.75) is 52.4 Å². The lowest BCUT2D eigenvalue weighted by Crippen LogP contribution is -1.86. The van der Waals surface area contributed by atoms with Crippen LogP contribution in [-0.4, -0.2) is 4.98 Å². The summed E-state index contributed by atoms with van der Waals surface area (Å²) in [6.07, 6.45) is 7.95. The Morgan fingerprint density at radius 2 is 1.93 bits per heavy atom. The van der Waals surface area contributed by atoms with E-state index in [0.717, 1.165) is 0 Å². The molecule has 3 heteroatoms. The first-order valence-corrected chi connectivity index (χ1v) is 6.12. The number of thiazole rings is 1. The second-order valence-corrected chi connectivity index (χ2v) is 4.58. The van der Waals surface area contributed by atoms with E-state index in [2.05, 4.69) is 24.2 Å². The summed E-state index contributed by atoms with van der Waals surface area (Å²) in [4.78, 5) is 4.45. The Balaban J connectivity index is 0.00000169. The summed E-state index contributed by atoms with van der Waals surface area (Å²) in [6.45, 7) is 4.33. The van der Waals surface area contributed by atoms with E-state index in [0.29, 0.717) is 0 Å². The first-order valence-electron chi connectivity index (χ1n) is 5.24. The predicted molar refractivity (Wildman–Crippen MR) is 74.7 cm³/mol. The maximum Gasteiger partial charge on any atom is 0.0897 e. The van der Waals surface area contributed by atoms with Gasteiger partial charge >= 0.3 is 0 Å². The molecule has 0 unspecified atom stereocenters. The van der Waals surface area contributed by atoms with Gasteiger partial charge in [-0.05, 0) is 19.8 Å². The molecule has 0 amide bonds. The zero-order valence-corrected chi connectivity index (χ0v) is 12.2. The standard InChI is InChI=1S/C11H19NS.HI/c1-3-4-5-6-7-8-11-9-13-10(2)12-11;/h9H,3-8H2,1-2H3;1H. The van der Waals surface area contributed by atoms with Crippen LogP contribution < -0.4 is 0 Å². The molecule has 0 radical (unpaired) electrons. The van der Waals surface area contributed by atoms with Crippen molar-refractivity contribution >= 4 is 35.3 Å². The molecule has 82 valence electrons. The molecule has 0 aliphatic heterocycles. The lowest BCUT2D eigenvalue weighted by Gasteiger charge is -1.97. The smallest absolute Gasteiger partial charge is 0.0897 e. The number of hydrogen-bond donors (Lipinski definition) is 0. The summed E-state index contributed by atoms with van der Waals surface area (Å²) < 4.78 is 0. The van der Waals surface area contributed by atoms with E-state index in [9.17, 15) is 0 Å². The molecule has 0 atom stereocenters. The minimum Gasteiger partial charge on any atom is -0.247 e. The van der Waals surface area contributed by atoms with Gasteiger partial charge in [0.25, 0.3) is 0 Å².